The predicted molar refractivity (Wildman–Crippen MR) is 93.4 cm³/mol. The molecule has 0 saturated heterocycles. The molecule has 2 aromatic rings. The lowest BCUT2D eigenvalue weighted by Crippen LogP contribution is -2.26. The number of carbonyl (C=O) groups excluding carboxylic acids is 2. The third-order valence-electron chi connectivity index (χ3n) is 3.89. The van der Waals surface area contributed by atoms with Crippen molar-refractivity contribution in [2.24, 2.45) is 0 Å². The molecule has 0 saturated carbocycles. The van der Waals surface area contributed by atoms with E-state index < -0.39 is 0 Å². The Morgan fingerprint density at radius 3 is 2.67 bits per heavy atom. The Morgan fingerprint density at radius 2 is 1.92 bits per heavy atom. The number of ether oxygens (including phenoxy) is 1. The number of hydrogen-bond donors (Lipinski definition) is 2. The number of carbonyl (C=O) groups is 2. The summed E-state index contributed by atoms with van der Waals surface area (Å²) in [6, 6.07) is 11.8. The number of anilines is 2. The third-order valence-corrected chi connectivity index (χ3v) is 3.89. The second kappa shape index (κ2) is 6.74. The van der Waals surface area contributed by atoms with Crippen LogP contribution < -0.4 is 15.4 Å². The van der Waals surface area contributed by atoms with E-state index in [4.69, 9.17) is 4.74 Å². The molecule has 1 aliphatic rings. The van der Waals surface area contributed by atoms with Gasteiger partial charge < -0.3 is 15.4 Å². The summed E-state index contributed by atoms with van der Waals surface area (Å²) in [6.07, 6.45) is 1.07. The van der Waals surface area contributed by atoms with E-state index in [2.05, 4.69) is 10.6 Å². The van der Waals surface area contributed by atoms with Gasteiger partial charge in [-0.1, -0.05) is 29.8 Å². The summed E-state index contributed by atoms with van der Waals surface area (Å²) in [6.45, 7) is 3.90. The van der Waals surface area contributed by atoms with Crippen LogP contribution in [0, 0.1) is 13.8 Å². The first kappa shape index (κ1) is 16.1. The highest BCUT2D eigenvalue weighted by Gasteiger charge is 2.20. The number of benzene rings is 2. The maximum absolute atomic E-state index is 12.3. The fraction of sp³-hybridized carbons (Fsp3) is 0.263. The molecule has 24 heavy (non-hydrogen) atoms. The van der Waals surface area contributed by atoms with Gasteiger partial charge in [-0.05, 0) is 43.5 Å². The Balaban J connectivity index is 1.68. The van der Waals surface area contributed by atoms with Crippen molar-refractivity contribution in [1.82, 2.24) is 0 Å². The number of nitrogens with one attached hydrogen (secondary N) is 2. The molecule has 2 aromatic carbocycles. The molecule has 2 amide bonds. The average molecular weight is 324 g/mol. The van der Waals surface area contributed by atoms with Gasteiger partial charge in [0.25, 0.3) is 5.91 Å². The van der Waals surface area contributed by atoms with Gasteiger partial charge in [0.1, 0.15) is 0 Å². The highest BCUT2D eigenvalue weighted by Crippen LogP contribution is 2.37. The van der Waals surface area contributed by atoms with Gasteiger partial charge >= 0.3 is 0 Å². The Kier molecular flexibility index (Phi) is 4.51. The second-order valence-electron chi connectivity index (χ2n) is 6.06. The lowest BCUT2D eigenvalue weighted by atomic mass is 10.1. The first-order valence-corrected chi connectivity index (χ1v) is 7.94. The minimum absolute atomic E-state index is 0.0394. The maximum Gasteiger partial charge on any atom is 0.262 e. The molecule has 0 fully saturated rings. The number of amides is 2. The van der Waals surface area contributed by atoms with Crippen molar-refractivity contribution in [2.75, 3.05) is 17.2 Å². The van der Waals surface area contributed by atoms with Crippen LogP contribution in [-0.2, 0) is 16.0 Å². The van der Waals surface area contributed by atoms with Gasteiger partial charge in [0.05, 0.1) is 11.4 Å². The van der Waals surface area contributed by atoms with Crippen LogP contribution in [0.25, 0.3) is 0 Å². The third kappa shape index (κ3) is 3.74. The van der Waals surface area contributed by atoms with Crippen molar-refractivity contribution >= 4 is 23.2 Å². The normalized spacial score (nSPS) is 12.8. The molecule has 0 radical (unpaired) electrons. The lowest BCUT2D eigenvalue weighted by Gasteiger charge is -2.21. The zero-order valence-electron chi connectivity index (χ0n) is 13.8. The molecule has 5 nitrogen and oxygen atoms in total. The van der Waals surface area contributed by atoms with E-state index in [0.29, 0.717) is 30.0 Å². The van der Waals surface area contributed by atoms with Crippen LogP contribution >= 0.6 is 0 Å². The van der Waals surface area contributed by atoms with Crippen LogP contribution in [0.2, 0.25) is 0 Å². The summed E-state index contributed by atoms with van der Waals surface area (Å²) in [4.78, 5) is 23.7. The molecule has 0 atom stereocenters. The minimum atomic E-state index is -0.190. The molecule has 0 spiro atoms. The Hall–Kier alpha value is -2.82. The van der Waals surface area contributed by atoms with Crippen LogP contribution in [-0.4, -0.2) is 18.4 Å². The Morgan fingerprint density at radius 1 is 1.17 bits per heavy atom. The summed E-state index contributed by atoms with van der Waals surface area (Å²) in [5.74, 6) is 0.248. The van der Waals surface area contributed by atoms with Crippen LogP contribution in [0.3, 0.4) is 0 Å². The predicted octanol–water partition coefficient (Wildman–Crippen LogP) is 3.21. The Labute approximate surface area is 141 Å². The monoisotopic (exact) mass is 324 g/mol. The van der Waals surface area contributed by atoms with Crippen LogP contribution in [0.5, 0.6) is 5.75 Å². The molecule has 1 heterocycles. The largest absolute Gasteiger partial charge is 0.479 e. The number of rotatable bonds is 4. The van der Waals surface area contributed by atoms with E-state index in [-0.39, 0.29) is 18.4 Å². The molecule has 124 valence electrons. The lowest BCUT2D eigenvalue weighted by molar-refractivity contribution is -0.118. The molecular weight excluding hydrogens is 304 g/mol. The van der Waals surface area contributed by atoms with Crippen LogP contribution in [0.1, 0.15) is 23.1 Å². The summed E-state index contributed by atoms with van der Waals surface area (Å²) in [7, 11) is 0. The van der Waals surface area contributed by atoms with E-state index in [0.717, 1.165) is 11.1 Å². The van der Waals surface area contributed by atoms with Gasteiger partial charge in [0.2, 0.25) is 5.91 Å². The zero-order valence-corrected chi connectivity index (χ0v) is 13.8. The fourth-order valence-electron chi connectivity index (χ4n) is 2.66. The summed E-state index contributed by atoms with van der Waals surface area (Å²) >= 11 is 0. The smallest absolute Gasteiger partial charge is 0.262 e. The average Bonchev–Trinajstić information content (AvgIpc) is 2.53. The van der Waals surface area contributed by atoms with Gasteiger partial charge in [-0.15, -0.1) is 0 Å². The van der Waals surface area contributed by atoms with Crippen LogP contribution in [0.15, 0.2) is 36.4 Å². The molecule has 1 aliphatic heterocycles. The standard InChI is InChI=1S/C19H20N2O3/c1-12-3-5-14(6-4-12)7-8-17(22)20-15-9-13(2)10-16-19(15)24-11-18(23)21-16/h3-6,9-10H,7-8,11H2,1-2H3,(H,20,22)(H,21,23). The summed E-state index contributed by atoms with van der Waals surface area (Å²) in [5.41, 5.74) is 4.46. The van der Waals surface area contributed by atoms with E-state index >= 15 is 0 Å². The highest BCUT2D eigenvalue weighted by molar-refractivity contribution is 6.00. The molecular formula is C19H20N2O3. The molecule has 0 aliphatic carbocycles. The molecule has 5 heteroatoms. The van der Waals surface area contributed by atoms with Gasteiger partial charge in [0.15, 0.2) is 12.4 Å². The van der Waals surface area contributed by atoms with E-state index in [1.165, 1.54) is 5.56 Å². The van der Waals surface area contributed by atoms with E-state index in [9.17, 15) is 9.59 Å². The SMILES string of the molecule is Cc1ccc(CCC(=O)Nc2cc(C)cc3c2OCC(=O)N3)cc1. The first-order chi connectivity index (χ1) is 11.5. The zero-order chi connectivity index (χ0) is 17.1. The quantitative estimate of drug-likeness (QED) is 0.907. The van der Waals surface area contributed by atoms with E-state index in [1.54, 1.807) is 0 Å². The van der Waals surface area contributed by atoms with Gasteiger partial charge in [0, 0.05) is 6.42 Å². The van der Waals surface area contributed by atoms with Gasteiger partial charge in [-0.2, -0.15) is 0 Å². The van der Waals surface area contributed by atoms with Crippen molar-refractivity contribution in [3.63, 3.8) is 0 Å². The van der Waals surface area contributed by atoms with Crippen molar-refractivity contribution in [3.8, 4) is 5.75 Å². The molecule has 3 rings (SSSR count). The minimum Gasteiger partial charge on any atom is -0.479 e. The molecule has 0 bridgehead atoms. The number of hydrogen-bond acceptors (Lipinski definition) is 3. The van der Waals surface area contributed by atoms with Crippen molar-refractivity contribution < 1.29 is 14.3 Å². The van der Waals surface area contributed by atoms with Gasteiger partial charge in [-0.25, -0.2) is 0 Å². The maximum atomic E-state index is 12.3. The first-order valence-electron chi connectivity index (χ1n) is 7.94. The second-order valence-corrected chi connectivity index (χ2v) is 6.06. The Bertz CT molecular complexity index is 782. The van der Waals surface area contributed by atoms with Crippen molar-refractivity contribution in [2.45, 2.75) is 26.7 Å². The van der Waals surface area contributed by atoms with Gasteiger partial charge in [-0.3, -0.25) is 9.59 Å². The highest BCUT2D eigenvalue weighted by atomic mass is 16.5. The topological polar surface area (TPSA) is 67.4 Å². The van der Waals surface area contributed by atoms with Crippen molar-refractivity contribution in [1.29, 1.82) is 0 Å². The van der Waals surface area contributed by atoms with E-state index in [1.807, 2.05) is 50.2 Å². The number of aryl methyl sites for hydroxylation is 3. The molecule has 0 unspecified atom stereocenters. The molecule has 0 aromatic heterocycles. The van der Waals surface area contributed by atoms with Crippen molar-refractivity contribution in [3.05, 3.63) is 53.1 Å². The molecule has 2 N–H and O–H groups in total. The fourth-order valence-corrected chi connectivity index (χ4v) is 2.66. The summed E-state index contributed by atoms with van der Waals surface area (Å²) < 4.78 is 5.47. The number of fused-ring (bicyclic) bond motifs is 1. The van der Waals surface area contributed by atoms with Crippen LogP contribution in [0.4, 0.5) is 11.4 Å². The summed E-state index contributed by atoms with van der Waals surface area (Å²) in [5, 5.41) is 5.65.